The maximum atomic E-state index is 5.57. The Balaban J connectivity index is 2.92. The highest BCUT2D eigenvalue weighted by Gasteiger charge is 2.03. The molecule has 0 atom stereocenters. The lowest BCUT2D eigenvalue weighted by atomic mass is 10.3. The molecular formula is C6H7N5. The van der Waals surface area contributed by atoms with E-state index in [9.17, 15) is 0 Å². The molecule has 0 saturated heterocycles. The molecule has 0 saturated carbocycles. The number of nitrogens with zero attached hydrogens (tertiary/aromatic N) is 4. The van der Waals surface area contributed by atoms with Gasteiger partial charge in [0.2, 0.25) is 0 Å². The minimum absolute atomic E-state index is 0.528. The molecule has 0 aromatic carbocycles. The SMILES string of the molecule is Cc1c(N)nn2cnncc12. The highest BCUT2D eigenvalue weighted by atomic mass is 15.3. The minimum atomic E-state index is 0.528. The zero-order chi connectivity index (χ0) is 7.84. The van der Waals surface area contributed by atoms with Crippen LogP contribution in [0.5, 0.6) is 0 Å². The molecule has 0 aliphatic rings. The van der Waals surface area contributed by atoms with E-state index in [0.29, 0.717) is 5.82 Å². The van der Waals surface area contributed by atoms with Gasteiger partial charge in [0.1, 0.15) is 12.1 Å². The average molecular weight is 149 g/mol. The van der Waals surface area contributed by atoms with E-state index in [4.69, 9.17) is 5.73 Å². The summed E-state index contributed by atoms with van der Waals surface area (Å²) < 4.78 is 1.61. The van der Waals surface area contributed by atoms with E-state index in [1.165, 1.54) is 6.33 Å². The number of anilines is 1. The first-order chi connectivity index (χ1) is 5.29. The molecule has 11 heavy (non-hydrogen) atoms. The van der Waals surface area contributed by atoms with E-state index in [1.807, 2.05) is 6.92 Å². The molecule has 0 radical (unpaired) electrons. The van der Waals surface area contributed by atoms with E-state index in [2.05, 4.69) is 15.3 Å². The van der Waals surface area contributed by atoms with Crippen LogP contribution < -0.4 is 5.73 Å². The van der Waals surface area contributed by atoms with Gasteiger partial charge in [-0.15, -0.1) is 10.2 Å². The van der Waals surface area contributed by atoms with E-state index in [0.717, 1.165) is 11.1 Å². The highest BCUT2D eigenvalue weighted by molar-refractivity contribution is 5.61. The normalized spacial score (nSPS) is 10.6. The van der Waals surface area contributed by atoms with Crippen molar-refractivity contribution < 1.29 is 0 Å². The molecule has 0 amide bonds. The number of nitrogen functional groups attached to an aromatic ring is 1. The van der Waals surface area contributed by atoms with Crippen molar-refractivity contribution in [2.24, 2.45) is 0 Å². The van der Waals surface area contributed by atoms with Gasteiger partial charge in [-0.05, 0) is 6.92 Å². The number of nitrogens with two attached hydrogens (primary N) is 1. The van der Waals surface area contributed by atoms with Crippen LogP contribution in [0.2, 0.25) is 0 Å². The number of rotatable bonds is 0. The molecule has 56 valence electrons. The fourth-order valence-corrected chi connectivity index (χ4v) is 0.959. The summed E-state index contributed by atoms with van der Waals surface area (Å²) in [6.07, 6.45) is 3.16. The monoisotopic (exact) mass is 149 g/mol. The summed E-state index contributed by atoms with van der Waals surface area (Å²) in [7, 11) is 0. The van der Waals surface area contributed by atoms with Crippen molar-refractivity contribution in [3.8, 4) is 0 Å². The molecule has 2 N–H and O–H groups in total. The zero-order valence-electron chi connectivity index (χ0n) is 6.02. The van der Waals surface area contributed by atoms with Crippen molar-refractivity contribution in [3.63, 3.8) is 0 Å². The van der Waals surface area contributed by atoms with Crippen LogP contribution in [-0.4, -0.2) is 19.8 Å². The quantitative estimate of drug-likeness (QED) is 0.573. The molecule has 5 nitrogen and oxygen atoms in total. The molecule has 0 aliphatic carbocycles. The van der Waals surface area contributed by atoms with Crippen molar-refractivity contribution in [1.29, 1.82) is 0 Å². The van der Waals surface area contributed by atoms with Crippen LogP contribution in [0.4, 0.5) is 5.82 Å². The third-order valence-electron chi connectivity index (χ3n) is 1.64. The van der Waals surface area contributed by atoms with Gasteiger partial charge in [-0.1, -0.05) is 0 Å². The van der Waals surface area contributed by atoms with E-state index >= 15 is 0 Å². The lowest BCUT2D eigenvalue weighted by Crippen LogP contribution is -1.91. The van der Waals surface area contributed by atoms with Crippen molar-refractivity contribution in [2.45, 2.75) is 6.92 Å². The van der Waals surface area contributed by atoms with Crippen LogP contribution >= 0.6 is 0 Å². The van der Waals surface area contributed by atoms with E-state index in [1.54, 1.807) is 10.7 Å². The van der Waals surface area contributed by atoms with E-state index in [-0.39, 0.29) is 0 Å². The van der Waals surface area contributed by atoms with Gasteiger partial charge in [-0.25, -0.2) is 4.52 Å². The van der Waals surface area contributed by atoms with Gasteiger partial charge in [0.05, 0.1) is 11.7 Å². The standard InChI is InChI=1S/C6H7N5/c1-4-5-2-8-9-3-11(5)10-6(4)7/h2-3H,1H3,(H2,7,10). The second kappa shape index (κ2) is 1.91. The fraction of sp³-hybridized carbons (Fsp3) is 0.167. The largest absolute Gasteiger partial charge is 0.382 e. The predicted octanol–water partition coefficient (Wildman–Crippen LogP) is 0.0149. The predicted molar refractivity (Wildman–Crippen MR) is 39.9 cm³/mol. The topological polar surface area (TPSA) is 69.1 Å². The summed E-state index contributed by atoms with van der Waals surface area (Å²) in [5.41, 5.74) is 7.41. The summed E-state index contributed by atoms with van der Waals surface area (Å²) in [5.74, 6) is 0.528. The molecule has 2 rings (SSSR count). The van der Waals surface area contributed by atoms with Crippen molar-refractivity contribution >= 4 is 11.3 Å². The van der Waals surface area contributed by atoms with Crippen LogP contribution in [0.1, 0.15) is 5.56 Å². The Bertz CT molecular complexity index is 391. The third kappa shape index (κ3) is 0.739. The second-order valence-electron chi connectivity index (χ2n) is 2.32. The number of fused-ring (bicyclic) bond motifs is 1. The van der Waals surface area contributed by atoms with Gasteiger partial charge < -0.3 is 5.73 Å². The van der Waals surface area contributed by atoms with Gasteiger partial charge in [0.25, 0.3) is 0 Å². The Morgan fingerprint density at radius 1 is 1.45 bits per heavy atom. The summed E-state index contributed by atoms with van der Waals surface area (Å²) in [6.45, 7) is 1.90. The zero-order valence-corrected chi connectivity index (χ0v) is 6.02. The molecule has 5 heteroatoms. The first-order valence-corrected chi connectivity index (χ1v) is 3.20. The van der Waals surface area contributed by atoms with Crippen LogP contribution in [0, 0.1) is 6.92 Å². The first-order valence-electron chi connectivity index (χ1n) is 3.20. The third-order valence-corrected chi connectivity index (χ3v) is 1.64. The molecular weight excluding hydrogens is 142 g/mol. The summed E-state index contributed by atoms with van der Waals surface area (Å²) >= 11 is 0. The van der Waals surface area contributed by atoms with Gasteiger partial charge in [0.15, 0.2) is 0 Å². The molecule has 2 heterocycles. The summed E-state index contributed by atoms with van der Waals surface area (Å²) in [6, 6.07) is 0. The second-order valence-corrected chi connectivity index (χ2v) is 2.32. The number of hydrogen-bond donors (Lipinski definition) is 1. The number of aryl methyl sites for hydroxylation is 1. The Morgan fingerprint density at radius 2 is 2.27 bits per heavy atom. The Kier molecular flexibility index (Phi) is 1.06. The van der Waals surface area contributed by atoms with E-state index < -0.39 is 0 Å². The van der Waals surface area contributed by atoms with Crippen LogP contribution in [0.25, 0.3) is 5.52 Å². The van der Waals surface area contributed by atoms with Gasteiger partial charge in [-0.2, -0.15) is 5.10 Å². The Labute approximate surface area is 62.9 Å². The maximum Gasteiger partial charge on any atom is 0.149 e. The molecule has 2 aromatic rings. The lowest BCUT2D eigenvalue weighted by molar-refractivity contribution is 0.867. The Morgan fingerprint density at radius 3 is 3.00 bits per heavy atom. The molecule has 0 unspecified atom stereocenters. The summed E-state index contributed by atoms with van der Waals surface area (Å²) in [4.78, 5) is 0. The maximum absolute atomic E-state index is 5.57. The smallest absolute Gasteiger partial charge is 0.149 e. The average Bonchev–Trinajstić information content (AvgIpc) is 2.30. The molecule has 0 bridgehead atoms. The molecule has 0 fully saturated rings. The van der Waals surface area contributed by atoms with Crippen LogP contribution in [0.3, 0.4) is 0 Å². The van der Waals surface area contributed by atoms with Gasteiger partial charge in [0, 0.05) is 5.56 Å². The lowest BCUT2D eigenvalue weighted by Gasteiger charge is -1.87. The number of hydrogen-bond acceptors (Lipinski definition) is 4. The molecule has 0 spiro atoms. The first kappa shape index (κ1) is 6.09. The minimum Gasteiger partial charge on any atom is -0.382 e. The fourth-order valence-electron chi connectivity index (χ4n) is 0.959. The van der Waals surface area contributed by atoms with Crippen LogP contribution in [0.15, 0.2) is 12.5 Å². The summed E-state index contributed by atoms with van der Waals surface area (Å²) in [5, 5.41) is 11.4. The van der Waals surface area contributed by atoms with Gasteiger partial charge in [-0.3, -0.25) is 0 Å². The molecule has 0 aliphatic heterocycles. The molecule has 2 aromatic heterocycles. The van der Waals surface area contributed by atoms with Crippen molar-refractivity contribution in [3.05, 3.63) is 18.1 Å². The van der Waals surface area contributed by atoms with Crippen molar-refractivity contribution in [1.82, 2.24) is 19.8 Å². The van der Waals surface area contributed by atoms with Crippen molar-refractivity contribution in [2.75, 3.05) is 5.73 Å². The Hall–Kier alpha value is -1.65. The van der Waals surface area contributed by atoms with Crippen LogP contribution in [-0.2, 0) is 0 Å². The van der Waals surface area contributed by atoms with Gasteiger partial charge >= 0.3 is 0 Å². The highest BCUT2D eigenvalue weighted by Crippen LogP contribution is 2.13. The number of aromatic nitrogens is 4.